The van der Waals surface area contributed by atoms with Crippen LogP contribution in [-0.2, 0) is 14.3 Å². The number of aryl methyl sites for hydroxylation is 1. The third-order valence-electron chi connectivity index (χ3n) is 4.09. The molecule has 1 unspecified atom stereocenters. The molecule has 0 saturated heterocycles. The molecule has 1 heterocycles. The molecule has 4 nitrogen and oxygen atoms in total. The monoisotopic (exact) mass is 301 g/mol. The Morgan fingerprint density at radius 3 is 2.82 bits per heavy atom. The largest absolute Gasteiger partial charge is 0.469 e. The number of amides is 1. The zero-order valence-electron chi connectivity index (χ0n) is 13.5. The van der Waals surface area contributed by atoms with Crippen LogP contribution < -0.4 is 0 Å². The zero-order valence-corrected chi connectivity index (χ0v) is 13.5. The van der Waals surface area contributed by atoms with E-state index in [0.717, 1.165) is 12.0 Å². The third kappa shape index (κ3) is 3.56. The van der Waals surface area contributed by atoms with Crippen LogP contribution in [0.2, 0.25) is 0 Å². The summed E-state index contributed by atoms with van der Waals surface area (Å²) in [7, 11) is 1.37. The first-order chi connectivity index (χ1) is 10.6. The van der Waals surface area contributed by atoms with Crippen molar-refractivity contribution in [3.05, 3.63) is 47.0 Å². The molecule has 1 aromatic carbocycles. The van der Waals surface area contributed by atoms with Crippen LogP contribution in [0, 0.1) is 6.92 Å². The van der Waals surface area contributed by atoms with Crippen molar-refractivity contribution in [2.45, 2.75) is 39.2 Å². The van der Waals surface area contributed by atoms with Gasteiger partial charge >= 0.3 is 5.97 Å². The molecule has 2 rings (SSSR count). The number of carbonyl (C=O) groups excluding carboxylic acids is 2. The normalized spacial score (nSPS) is 15.7. The molecular formula is C18H23NO3. The molecule has 0 spiro atoms. The van der Waals surface area contributed by atoms with E-state index in [1.54, 1.807) is 0 Å². The second-order valence-electron chi connectivity index (χ2n) is 5.60. The van der Waals surface area contributed by atoms with E-state index in [2.05, 4.69) is 36.8 Å². The maximum absolute atomic E-state index is 12.6. The SMILES string of the molecule is CCC(c1cccc(C)c1)N1CC=C(CCC(=O)OC)C1=O. The Balaban J connectivity index is 2.07. The van der Waals surface area contributed by atoms with Crippen molar-refractivity contribution < 1.29 is 14.3 Å². The predicted octanol–water partition coefficient (Wildman–Crippen LogP) is 3.17. The van der Waals surface area contributed by atoms with Crippen LogP contribution in [0.25, 0.3) is 0 Å². The van der Waals surface area contributed by atoms with Gasteiger partial charge in [0.25, 0.3) is 0 Å². The van der Waals surface area contributed by atoms with E-state index in [4.69, 9.17) is 0 Å². The molecule has 0 radical (unpaired) electrons. The van der Waals surface area contributed by atoms with E-state index < -0.39 is 0 Å². The average molecular weight is 301 g/mol. The lowest BCUT2D eigenvalue weighted by Crippen LogP contribution is -2.31. The van der Waals surface area contributed by atoms with Gasteiger partial charge < -0.3 is 9.64 Å². The number of carbonyl (C=O) groups is 2. The number of esters is 1. The summed E-state index contributed by atoms with van der Waals surface area (Å²) in [6.45, 7) is 4.76. The van der Waals surface area contributed by atoms with Crippen molar-refractivity contribution in [1.29, 1.82) is 0 Å². The van der Waals surface area contributed by atoms with Gasteiger partial charge in [0.2, 0.25) is 5.91 Å². The van der Waals surface area contributed by atoms with Gasteiger partial charge in [0, 0.05) is 18.5 Å². The minimum Gasteiger partial charge on any atom is -0.469 e. The fourth-order valence-electron chi connectivity index (χ4n) is 2.89. The van der Waals surface area contributed by atoms with Crippen LogP contribution in [0.15, 0.2) is 35.9 Å². The number of methoxy groups -OCH3 is 1. The summed E-state index contributed by atoms with van der Waals surface area (Å²) < 4.78 is 4.63. The fraction of sp³-hybridized carbons (Fsp3) is 0.444. The molecule has 22 heavy (non-hydrogen) atoms. The van der Waals surface area contributed by atoms with Crippen molar-refractivity contribution in [1.82, 2.24) is 4.90 Å². The maximum Gasteiger partial charge on any atom is 0.305 e. The summed E-state index contributed by atoms with van der Waals surface area (Å²) in [6.07, 6.45) is 3.51. The topological polar surface area (TPSA) is 46.6 Å². The predicted molar refractivity (Wildman–Crippen MR) is 85.3 cm³/mol. The van der Waals surface area contributed by atoms with Crippen molar-refractivity contribution in [2.75, 3.05) is 13.7 Å². The van der Waals surface area contributed by atoms with E-state index >= 15 is 0 Å². The van der Waals surface area contributed by atoms with E-state index in [0.29, 0.717) is 13.0 Å². The Labute approximate surface area is 131 Å². The standard InChI is InChI=1S/C18H23NO3/c1-4-16(15-7-5-6-13(2)12-15)19-11-10-14(18(19)21)8-9-17(20)22-3/h5-7,10,12,16H,4,8-9,11H2,1-3H3. The van der Waals surface area contributed by atoms with E-state index in [1.165, 1.54) is 18.2 Å². The quantitative estimate of drug-likeness (QED) is 0.758. The van der Waals surface area contributed by atoms with E-state index in [9.17, 15) is 9.59 Å². The van der Waals surface area contributed by atoms with Gasteiger partial charge in [0.1, 0.15) is 0 Å². The molecular weight excluding hydrogens is 278 g/mol. The van der Waals surface area contributed by atoms with Crippen molar-refractivity contribution in [3.8, 4) is 0 Å². The first-order valence-electron chi connectivity index (χ1n) is 7.70. The summed E-state index contributed by atoms with van der Waals surface area (Å²) in [6, 6.07) is 8.37. The molecule has 0 bridgehead atoms. The van der Waals surface area contributed by atoms with Gasteiger partial charge in [-0.1, -0.05) is 42.8 Å². The molecule has 0 saturated carbocycles. The lowest BCUT2D eigenvalue weighted by Gasteiger charge is -2.28. The first-order valence-corrected chi connectivity index (χ1v) is 7.70. The molecule has 118 valence electrons. The van der Waals surface area contributed by atoms with Crippen LogP contribution in [0.1, 0.15) is 43.4 Å². The van der Waals surface area contributed by atoms with Gasteiger partial charge in [-0.3, -0.25) is 9.59 Å². The number of ether oxygens (including phenoxy) is 1. The van der Waals surface area contributed by atoms with Gasteiger partial charge in [-0.2, -0.15) is 0 Å². The Morgan fingerprint density at radius 1 is 1.41 bits per heavy atom. The Kier molecular flexibility index (Phi) is 5.36. The lowest BCUT2D eigenvalue weighted by molar-refractivity contribution is -0.140. The number of rotatable bonds is 6. The zero-order chi connectivity index (χ0) is 16.1. The number of nitrogens with zero attached hydrogens (tertiary/aromatic N) is 1. The van der Waals surface area contributed by atoms with Crippen LogP contribution >= 0.6 is 0 Å². The van der Waals surface area contributed by atoms with Crippen molar-refractivity contribution in [2.24, 2.45) is 0 Å². The second-order valence-corrected chi connectivity index (χ2v) is 5.60. The van der Waals surface area contributed by atoms with Crippen LogP contribution in [0.3, 0.4) is 0 Å². The summed E-state index contributed by atoms with van der Waals surface area (Å²) in [5.74, 6) is -0.241. The van der Waals surface area contributed by atoms with E-state index in [-0.39, 0.29) is 24.3 Å². The van der Waals surface area contributed by atoms with E-state index in [1.807, 2.05) is 17.0 Å². The number of hydrogen-bond acceptors (Lipinski definition) is 3. The molecule has 1 aliphatic rings. The molecule has 1 atom stereocenters. The molecule has 0 fully saturated rings. The summed E-state index contributed by atoms with van der Waals surface area (Å²) >= 11 is 0. The molecule has 4 heteroatoms. The smallest absolute Gasteiger partial charge is 0.305 e. The molecule has 0 N–H and O–H groups in total. The summed E-state index contributed by atoms with van der Waals surface area (Å²) in [4.78, 5) is 25.7. The molecule has 1 aromatic rings. The molecule has 1 amide bonds. The average Bonchev–Trinajstić information content (AvgIpc) is 2.87. The second kappa shape index (κ2) is 7.25. The Morgan fingerprint density at radius 2 is 2.18 bits per heavy atom. The van der Waals surface area contributed by atoms with Gasteiger partial charge in [-0.05, 0) is 25.3 Å². The van der Waals surface area contributed by atoms with Gasteiger partial charge in [-0.25, -0.2) is 0 Å². The maximum atomic E-state index is 12.6. The summed E-state index contributed by atoms with van der Waals surface area (Å²) in [5, 5.41) is 0. The highest BCUT2D eigenvalue weighted by atomic mass is 16.5. The minimum absolute atomic E-state index is 0.0391. The Bertz CT molecular complexity index is 592. The van der Waals surface area contributed by atoms with Crippen molar-refractivity contribution >= 4 is 11.9 Å². The summed E-state index contributed by atoms with van der Waals surface area (Å²) in [5.41, 5.74) is 3.08. The van der Waals surface area contributed by atoms with Gasteiger partial charge in [0.05, 0.1) is 13.2 Å². The molecule has 0 aromatic heterocycles. The van der Waals surface area contributed by atoms with Crippen LogP contribution in [0.4, 0.5) is 0 Å². The minimum atomic E-state index is -0.280. The van der Waals surface area contributed by atoms with Crippen molar-refractivity contribution in [3.63, 3.8) is 0 Å². The van der Waals surface area contributed by atoms with Gasteiger partial charge in [0.15, 0.2) is 0 Å². The third-order valence-corrected chi connectivity index (χ3v) is 4.09. The van der Waals surface area contributed by atoms with Crippen LogP contribution in [0.5, 0.6) is 0 Å². The number of hydrogen-bond donors (Lipinski definition) is 0. The highest BCUT2D eigenvalue weighted by Gasteiger charge is 2.30. The lowest BCUT2D eigenvalue weighted by atomic mass is 10.0. The highest BCUT2D eigenvalue weighted by Crippen LogP contribution is 2.30. The fourth-order valence-corrected chi connectivity index (χ4v) is 2.89. The van der Waals surface area contributed by atoms with Gasteiger partial charge in [-0.15, -0.1) is 0 Å². The highest BCUT2D eigenvalue weighted by molar-refractivity contribution is 5.96. The molecule has 0 aliphatic carbocycles. The number of benzene rings is 1. The molecule has 1 aliphatic heterocycles. The first kappa shape index (κ1) is 16.3. The Hall–Kier alpha value is -2.10. The van der Waals surface area contributed by atoms with Crippen LogP contribution in [-0.4, -0.2) is 30.4 Å².